The van der Waals surface area contributed by atoms with Gasteiger partial charge in [0, 0.05) is 0 Å². The van der Waals surface area contributed by atoms with Crippen molar-refractivity contribution in [3.63, 3.8) is 0 Å². The normalized spacial score (nSPS) is 15.5. The smallest absolute Gasteiger partial charge is 0.319 e. The molecule has 0 radical (unpaired) electrons. The van der Waals surface area contributed by atoms with Crippen LogP contribution in [0.15, 0.2) is 0 Å². The summed E-state index contributed by atoms with van der Waals surface area (Å²) in [5.74, 6) is 0. The SMILES string of the molecule is FC(F)(F)C(F)(F)OB(OC(F)(F)C(F)(F)F)OC(F)(F)C(F)(F)F. The van der Waals surface area contributed by atoms with Gasteiger partial charge in [0.2, 0.25) is 0 Å². The molecule has 0 aromatic heterocycles. The predicted molar refractivity (Wildman–Crippen MR) is 42.0 cm³/mol. The summed E-state index contributed by atoms with van der Waals surface area (Å²) in [6, 6.07) is 0. The molecule has 0 saturated heterocycles. The molecule has 0 aromatic rings. The third-order valence-electron chi connectivity index (χ3n) is 1.72. The molecule has 0 N–H and O–H groups in total. The molecule has 25 heavy (non-hydrogen) atoms. The molecule has 150 valence electrons. The zero-order chi connectivity index (χ0) is 20.7. The van der Waals surface area contributed by atoms with Crippen molar-refractivity contribution < 1.29 is 79.8 Å². The zero-order valence-electron chi connectivity index (χ0n) is 10.5. The van der Waals surface area contributed by atoms with Gasteiger partial charge in [-0.2, -0.15) is 65.9 Å². The third-order valence-corrected chi connectivity index (χ3v) is 1.72. The molecular formula is C6BF15O3. The second-order valence-electron chi connectivity index (χ2n) is 3.69. The van der Waals surface area contributed by atoms with Gasteiger partial charge in [0.05, 0.1) is 0 Å². The van der Waals surface area contributed by atoms with E-state index in [9.17, 15) is 65.9 Å². The number of alkyl halides is 15. The Balaban J connectivity index is 5.70. The highest BCUT2D eigenvalue weighted by Crippen LogP contribution is 2.43. The minimum atomic E-state index is -6.93. The summed E-state index contributed by atoms with van der Waals surface area (Å²) < 4.78 is 186. The van der Waals surface area contributed by atoms with Crippen LogP contribution in [-0.4, -0.2) is 44.2 Å². The highest BCUT2D eigenvalue weighted by atomic mass is 19.4. The molecule has 0 aliphatic rings. The Morgan fingerprint density at radius 2 is 0.520 bits per heavy atom. The van der Waals surface area contributed by atoms with E-state index in [1.54, 1.807) is 0 Å². The summed E-state index contributed by atoms with van der Waals surface area (Å²) in [6.07, 6.45) is -41.2. The van der Waals surface area contributed by atoms with Crippen LogP contribution < -0.4 is 0 Å². The average Bonchev–Trinajstić information content (AvgIpc) is 2.21. The zero-order valence-corrected chi connectivity index (χ0v) is 10.5. The maximum atomic E-state index is 12.4. The van der Waals surface area contributed by atoms with Gasteiger partial charge in [-0.3, -0.25) is 0 Å². The van der Waals surface area contributed by atoms with Gasteiger partial charge in [-0.1, -0.05) is 0 Å². The molecule has 0 fully saturated rings. The lowest BCUT2D eigenvalue weighted by Gasteiger charge is -2.29. The number of halogens is 15. The Labute approximate surface area is 125 Å². The standard InChI is InChI=1S/C6BF15O3/c8-1(9,10)4(17,18)23-7(24-5(19,20)2(11,12)13)25-6(21,22)3(14,15)16. The van der Waals surface area contributed by atoms with Crippen LogP contribution in [-0.2, 0) is 14.0 Å². The molecule has 0 saturated carbocycles. The Hall–Kier alpha value is -1.11. The molecule has 0 atom stereocenters. The van der Waals surface area contributed by atoms with Crippen molar-refractivity contribution in [3.05, 3.63) is 0 Å². The van der Waals surface area contributed by atoms with Gasteiger partial charge < -0.3 is 14.0 Å². The van der Waals surface area contributed by atoms with E-state index in [2.05, 4.69) is 0 Å². The summed E-state index contributed by atoms with van der Waals surface area (Å²) in [5, 5.41) is 0. The fourth-order valence-corrected chi connectivity index (χ4v) is 0.635. The van der Waals surface area contributed by atoms with E-state index in [0.717, 1.165) is 0 Å². The van der Waals surface area contributed by atoms with Crippen LogP contribution in [0.4, 0.5) is 65.9 Å². The molecule has 0 bridgehead atoms. The number of hydrogen-bond acceptors (Lipinski definition) is 3. The molecule has 0 aliphatic carbocycles. The van der Waals surface area contributed by atoms with Crippen LogP contribution >= 0.6 is 0 Å². The van der Waals surface area contributed by atoms with Crippen molar-refractivity contribution >= 4 is 7.32 Å². The van der Waals surface area contributed by atoms with E-state index >= 15 is 0 Å². The van der Waals surface area contributed by atoms with Crippen molar-refractivity contribution in [1.82, 2.24) is 0 Å². The first-order valence-electron chi connectivity index (χ1n) is 4.90. The Kier molecular flexibility index (Phi) is 6.27. The lowest BCUT2D eigenvalue weighted by atomic mass is 10.2. The number of hydrogen-bond donors (Lipinski definition) is 0. The first-order chi connectivity index (χ1) is 10.5. The van der Waals surface area contributed by atoms with Crippen LogP contribution in [0, 0.1) is 0 Å². The summed E-state index contributed by atoms with van der Waals surface area (Å²) in [7, 11) is -5.15. The van der Waals surface area contributed by atoms with Gasteiger partial charge in [-0.05, 0) is 0 Å². The van der Waals surface area contributed by atoms with E-state index in [1.807, 2.05) is 14.0 Å². The monoisotopic (exact) mass is 416 g/mol. The third kappa shape index (κ3) is 5.98. The van der Waals surface area contributed by atoms with Crippen molar-refractivity contribution in [2.24, 2.45) is 0 Å². The summed E-state index contributed by atoms with van der Waals surface area (Å²) >= 11 is 0. The molecule has 3 nitrogen and oxygen atoms in total. The van der Waals surface area contributed by atoms with Crippen molar-refractivity contribution in [3.8, 4) is 0 Å². The Bertz CT molecular complexity index is 383. The lowest BCUT2D eigenvalue weighted by molar-refractivity contribution is -0.415. The predicted octanol–water partition coefficient (Wildman–Crippen LogP) is 4.49. The van der Waals surface area contributed by atoms with Crippen LogP contribution in [0.3, 0.4) is 0 Å². The Morgan fingerprint density at radius 3 is 0.640 bits per heavy atom. The first-order valence-corrected chi connectivity index (χ1v) is 4.90. The van der Waals surface area contributed by atoms with Gasteiger partial charge >= 0.3 is 44.2 Å². The van der Waals surface area contributed by atoms with Crippen LogP contribution in [0.1, 0.15) is 0 Å². The van der Waals surface area contributed by atoms with E-state index in [1.165, 1.54) is 0 Å². The second-order valence-corrected chi connectivity index (χ2v) is 3.69. The second kappa shape index (κ2) is 6.56. The van der Waals surface area contributed by atoms with E-state index in [4.69, 9.17) is 0 Å². The van der Waals surface area contributed by atoms with Crippen molar-refractivity contribution in [2.75, 3.05) is 0 Å². The maximum Gasteiger partial charge on any atom is 0.652 e. The molecule has 19 heteroatoms. The molecular weight excluding hydrogens is 416 g/mol. The number of rotatable bonds is 6. The first kappa shape index (κ1) is 23.9. The lowest BCUT2D eigenvalue weighted by Crippen LogP contribution is -2.54. The molecule has 0 spiro atoms. The van der Waals surface area contributed by atoms with Gasteiger partial charge in [-0.25, -0.2) is 0 Å². The van der Waals surface area contributed by atoms with Gasteiger partial charge in [0.1, 0.15) is 0 Å². The highest BCUT2D eigenvalue weighted by Gasteiger charge is 2.70. The molecule has 0 heterocycles. The fraction of sp³-hybridized carbons (Fsp3) is 1.00. The van der Waals surface area contributed by atoms with Crippen LogP contribution in [0.25, 0.3) is 0 Å². The molecule has 0 amide bonds. The average molecular weight is 416 g/mol. The van der Waals surface area contributed by atoms with Gasteiger partial charge in [0.25, 0.3) is 0 Å². The molecule has 0 unspecified atom stereocenters. The summed E-state index contributed by atoms with van der Waals surface area (Å²) in [5.41, 5.74) is 0. The van der Waals surface area contributed by atoms with E-state index < -0.39 is 44.2 Å². The largest absolute Gasteiger partial charge is 0.652 e. The minimum absolute atomic E-state index is 2.00. The van der Waals surface area contributed by atoms with Crippen LogP contribution in [0.5, 0.6) is 0 Å². The molecule has 0 aromatic carbocycles. The van der Waals surface area contributed by atoms with Crippen LogP contribution in [0.2, 0.25) is 0 Å². The quantitative estimate of drug-likeness (QED) is 0.472. The summed E-state index contributed by atoms with van der Waals surface area (Å²) in [4.78, 5) is 0. The minimum Gasteiger partial charge on any atom is -0.319 e. The Morgan fingerprint density at radius 1 is 0.360 bits per heavy atom. The van der Waals surface area contributed by atoms with Gasteiger partial charge in [-0.15, -0.1) is 0 Å². The van der Waals surface area contributed by atoms with Crippen molar-refractivity contribution in [1.29, 1.82) is 0 Å². The molecule has 0 rings (SSSR count). The van der Waals surface area contributed by atoms with Crippen molar-refractivity contribution in [2.45, 2.75) is 36.9 Å². The molecule has 0 aliphatic heterocycles. The van der Waals surface area contributed by atoms with E-state index in [0.29, 0.717) is 0 Å². The maximum absolute atomic E-state index is 12.4. The highest BCUT2D eigenvalue weighted by molar-refractivity contribution is 6.36. The fourth-order valence-electron chi connectivity index (χ4n) is 0.635. The van der Waals surface area contributed by atoms with E-state index in [-0.39, 0.29) is 0 Å². The van der Waals surface area contributed by atoms with Gasteiger partial charge in [0.15, 0.2) is 0 Å². The summed E-state index contributed by atoms with van der Waals surface area (Å²) in [6.45, 7) is 0. The topological polar surface area (TPSA) is 27.7 Å².